The van der Waals surface area contributed by atoms with Crippen molar-refractivity contribution >= 4 is 32.4 Å². The maximum atomic E-state index is 13.2. The predicted molar refractivity (Wildman–Crippen MR) is 130 cm³/mol. The van der Waals surface area contributed by atoms with E-state index in [4.69, 9.17) is 4.74 Å². The van der Waals surface area contributed by atoms with Gasteiger partial charge in [-0.05, 0) is 50.3 Å². The van der Waals surface area contributed by atoms with Crippen molar-refractivity contribution in [1.29, 1.82) is 0 Å². The van der Waals surface area contributed by atoms with Gasteiger partial charge >= 0.3 is 0 Å². The van der Waals surface area contributed by atoms with Crippen molar-refractivity contribution in [3.63, 3.8) is 0 Å². The largest absolute Gasteiger partial charge is 0.487 e. The van der Waals surface area contributed by atoms with E-state index in [-0.39, 0.29) is 21.0 Å². The predicted octanol–water partition coefficient (Wildman–Crippen LogP) is 4.60. The molecule has 2 N–H and O–H groups in total. The molecule has 2 aliphatic rings. The SMILES string of the molecule is Cc1ccccc1C(=O)Nc1nnc(S(=O)(=O)NC2CC3(CCCCC3)Oc3ccccc32)s1. The second-order valence-corrected chi connectivity index (χ2v) is 11.8. The van der Waals surface area contributed by atoms with E-state index in [1.165, 1.54) is 6.42 Å². The Kier molecular flexibility index (Phi) is 6.13. The van der Waals surface area contributed by atoms with Crippen molar-refractivity contribution in [3.05, 3.63) is 65.2 Å². The molecule has 1 saturated carbocycles. The molecular weight excluding hydrogens is 472 g/mol. The van der Waals surface area contributed by atoms with Crippen molar-refractivity contribution in [1.82, 2.24) is 14.9 Å². The van der Waals surface area contributed by atoms with Crippen LogP contribution in [0.3, 0.4) is 0 Å². The summed E-state index contributed by atoms with van der Waals surface area (Å²) in [5.74, 6) is 0.371. The quantitative estimate of drug-likeness (QED) is 0.497. The number of para-hydroxylation sites is 1. The molecule has 5 rings (SSSR count). The molecule has 1 unspecified atom stereocenters. The molecule has 3 aromatic rings. The standard InChI is InChI=1S/C24H26N4O4S2/c1-16-9-3-4-10-17(16)21(29)25-22-26-27-23(33-22)34(30,31)28-19-15-24(13-7-2-8-14-24)32-20-12-6-5-11-18(19)20/h3-6,9-12,19,28H,2,7-8,13-15H2,1H3,(H,25,26,29). The molecule has 1 aromatic heterocycles. The Hall–Kier alpha value is -2.82. The van der Waals surface area contributed by atoms with Crippen LogP contribution in [-0.2, 0) is 10.0 Å². The van der Waals surface area contributed by atoms with Gasteiger partial charge in [0.15, 0.2) is 0 Å². The Morgan fingerprint density at radius 1 is 1.06 bits per heavy atom. The van der Waals surface area contributed by atoms with Crippen LogP contribution >= 0.6 is 11.3 Å². The molecule has 10 heteroatoms. The summed E-state index contributed by atoms with van der Waals surface area (Å²) in [5.41, 5.74) is 1.78. The number of carbonyl (C=O) groups is 1. The molecule has 178 valence electrons. The number of benzene rings is 2. The summed E-state index contributed by atoms with van der Waals surface area (Å²) in [4.78, 5) is 12.6. The third-order valence-electron chi connectivity index (χ3n) is 6.51. The first-order valence-electron chi connectivity index (χ1n) is 11.4. The van der Waals surface area contributed by atoms with Gasteiger partial charge < -0.3 is 4.74 Å². The maximum absolute atomic E-state index is 13.2. The van der Waals surface area contributed by atoms with Crippen molar-refractivity contribution in [2.75, 3.05) is 5.32 Å². The molecule has 0 radical (unpaired) electrons. The van der Waals surface area contributed by atoms with E-state index in [2.05, 4.69) is 20.2 Å². The van der Waals surface area contributed by atoms with Gasteiger partial charge in [-0.15, -0.1) is 10.2 Å². The van der Waals surface area contributed by atoms with Crippen LogP contribution in [0, 0.1) is 6.92 Å². The van der Waals surface area contributed by atoms with Crippen molar-refractivity contribution in [3.8, 4) is 5.75 Å². The first-order valence-corrected chi connectivity index (χ1v) is 13.7. The summed E-state index contributed by atoms with van der Waals surface area (Å²) >= 11 is 0.830. The van der Waals surface area contributed by atoms with Gasteiger partial charge in [0.1, 0.15) is 11.4 Å². The molecule has 2 aromatic carbocycles. The molecule has 34 heavy (non-hydrogen) atoms. The fourth-order valence-corrected chi connectivity index (χ4v) is 6.95. The molecule has 1 fully saturated rings. The highest BCUT2D eigenvalue weighted by Gasteiger charge is 2.43. The van der Waals surface area contributed by atoms with Gasteiger partial charge in [0.25, 0.3) is 15.9 Å². The van der Waals surface area contributed by atoms with E-state index >= 15 is 0 Å². The maximum Gasteiger partial charge on any atom is 0.270 e. The highest BCUT2D eigenvalue weighted by molar-refractivity contribution is 7.91. The summed E-state index contributed by atoms with van der Waals surface area (Å²) in [7, 11) is -3.96. The molecular formula is C24H26N4O4S2. The molecule has 1 aliphatic carbocycles. The number of nitrogens with one attached hydrogen (secondary N) is 2. The number of aryl methyl sites for hydroxylation is 1. The van der Waals surface area contributed by atoms with Crippen molar-refractivity contribution in [2.45, 2.75) is 61.4 Å². The molecule has 0 bridgehead atoms. The van der Waals surface area contributed by atoms with Gasteiger partial charge in [0.05, 0.1) is 6.04 Å². The van der Waals surface area contributed by atoms with E-state index in [1.807, 2.05) is 43.3 Å². The fraction of sp³-hybridized carbons (Fsp3) is 0.375. The van der Waals surface area contributed by atoms with E-state index in [9.17, 15) is 13.2 Å². The number of sulfonamides is 1. The topological polar surface area (TPSA) is 110 Å². The van der Waals surface area contributed by atoms with Gasteiger partial charge in [-0.1, -0.05) is 54.2 Å². The van der Waals surface area contributed by atoms with Crippen LogP contribution in [-0.4, -0.2) is 30.1 Å². The summed E-state index contributed by atoms with van der Waals surface area (Å²) in [6, 6.07) is 14.3. The number of anilines is 1. The number of nitrogens with zero attached hydrogens (tertiary/aromatic N) is 2. The normalized spacial score (nSPS) is 19.3. The van der Waals surface area contributed by atoms with Gasteiger partial charge in [0.2, 0.25) is 9.47 Å². The van der Waals surface area contributed by atoms with Crippen LogP contribution in [0.1, 0.15) is 66.1 Å². The van der Waals surface area contributed by atoms with Crippen molar-refractivity contribution in [2.24, 2.45) is 0 Å². The van der Waals surface area contributed by atoms with E-state index in [1.54, 1.807) is 12.1 Å². The third-order valence-corrected chi connectivity index (χ3v) is 9.18. The first kappa shape index (κ1) is 22.9. The average molecular weight is 499 g/mol. The van der Waals surface area contributed by atoms with Crippen LogP contribution in [0.4, 0.5) is 5.13 Å². The zero-order chi connectivity index (χ0) is 23.8. The van der Waals surface area contributed by atoms with Crippen LogP contribution in [0.25, 0.3) is 0 Å². The molecule has 1 amide bonds. The Bertz CT molecular complexity index is 1320. The second kappa shape index (κ2) is 9.09. The van der Waals surface area contributed by atoms with Gasteiger partial charge in [0, 0.05) is 17.5 Å². The summed E-state index contributed by atoms with van der Waals surface area (Å²) in [6.07, 6.45) is 5.70. The zero-order valence-electron chi connectivity index (χ0n) is 18.8. The van der Waals surface area contributed by atoms with Crippen LogP contribution in [0.2, 0.25) is 0 Å². The minimum atomic E-state index is -3.96. The molecule has 0 saturated heterocycles. The third kappa shape index (κ3) is 4.57. The van der Waals surface area contributed by atoms with Crippen LogP contribution < -0.4 is 14.8 Å². The Morgan fingerprint density at radius 2 is 1.79 bits per heavy atom. The van der Waals surface area contributed by atoms with E-state index in [0.717, 1.165) is 53.9 Å². The number of hydrogen-bond donors (Lipinski definition) is 2. The van der Waals surface area contributed by atoms with Crippen molar-refractivity contribution < 1.29 is 17.9 Å². The van der Waals surface area contributed by atoms with E-state index in [0.29, 0.717) is 12.0 Å². The number of carbonyl (C=O) groups excluding carboxylic acids is 1. The van der Waals surface area contributed by atoms with Crippen LogP contribution in [0.15, 0.2) is 52.9 Å². The molecule has 8 nitrogen and oxygen atoms in total. The fourth-order valence-electron chi connectivity index (χ4n) is 4.82. The van der Waals surface area contributed by atoms with Gasteiger partial charge in [-0.25, -0.2) is 13.1 Å². The smallest absolute Gasteiger partial charge is 0.270 e. The van der Waals surface area contributed by atoms with E-state index < -0.39 is 16.1 Å². The summed E-state index contributed by atoms with van der Waals surface area (Å²) < 4.78 is 35.5. The molecule has 1 aliphatic heterocycles. The minimum absolute atomic E-state index is 0.129. The Morgan fingerprint density at radius 3 is 2.59 bits per heavy atom. The lowest BCUT2D eigenvalue weighted by Gasteiger charge is -2.44. The summed E-state index contributed by atoms with van der Waals surface area (Å²) in [6.45, 7) is 1.83. The number of fused-ring (bicyclic) bond motifs is 1. The number of aromatic nitrogens is 2. The second-order valence-electron chi connectivity index (χ2n) is 8.90. The zero-order valence-corrected chi connectivity index (χ0v) is 20.4. The van der Waals surface area contributed by atoms with Gasteiger partial charge in [-0.2, -0.15) is 0 Å². The molecule has 1 atom stereocenters. The Labute approximate surface area is 202 Å². The number of ether oxygens (including phenoxy) is 1. The number of rotatable bonds is 5. The highest BCUT2D eigenvalue weighted by atomic mass is 32.2. The lowest BCUT2D eigenvalue weighted by Crippen LogP contribution is -2.46. The Balaban J connectivity index is 1.36. The molecule has 1 spiro atoms. The highest BCUT2D eigenvalue weighted by Crippen LogP contribution is 2.46. The summed E-state index contributed by atoms with van der Waals surface area (Å²) in [5, 5.41) is 10.5. The lowest BCUT2D eigenvalue weighted by atomic mass is 9.77. The lowest BCUT2D eigenvalue weighted by molar-refractivity contribution is 0.0000716. The monoisotopic (exact) mass is 498 g/mol. The van der Waals surface area contributed by atoms with Gasteiger partial charge in [-0.3, -0.25) is 10.1 Å². The first-order chi connectivity index (χ1) is 16.4. The molecule has 2 heterocycles. The number of hydrogen-bond acceptors (Lipinski definition) is 7. The number of amides is 1. The van der Waals surface area contributed by atoms with Crippen LogP contribution in [0.5, 0.6) is 5.75 Å². The minimum Gasteiger partial charge on any atom is -0.487 e. The average Bonchev–Trinajstić information content (AvgIpc) is 3.29.